The van der Waals surface area contributed by atoms with Crippen molar-refractivity contribution < 1.29 is 9.53 Å². The minimum Gasteiger partial charge on any atom is -0.497 e. The summed E-state index contributed by atoms with van der Waals surface area (Å²) in [5.74, 6) is 1.39. The second-order valence-electron chi connectivity index (χ2n) is 4.62. The van der Waals surface area contributed by atoms with Gasteiger partial charge in [-0.15, -0.1) is 0 Å². The van der Waals surface area contributed by atoms with Gasteiger partial charge >= 0.3 is 0 Å². The van der Waals surface area contributed by atoms with Crippen molar-refractivity contribution in [1.82, 2.24) is 10.6 Å². The van der Waals surface area contributed by atoms with Crippen LogP contribution < -0.4 is 15.4 Å². The van der Waals surface area contributed by atoms with Crippen LogP contribution in [-0.4, -0.2) is 32.7 Å². The van der Waals surface area contributed by atoms with Crippen LogP contribution in [0.25, 0.3) is 0 Å². The highest BCUT2D eigenvalue weighted by Gasteiger charge is 2.26. The summed E-state index contributed by atoms with van der Waals surface area (Å²) in [4.78, 5) is 11.7. The van der Waals surface area contributed by atoms with E-state index in [1.807, 2.05) is 12.1 Å². The molecule has 4 nitrogen and oxygen atoms in total. The molecule has 18 heavy (non-hydrogen) atoms. The number of hydrogen-bond donors (Lipinski definition) is 2. The predicted octanol–water partition coefficient (Wildman–Crippen LogP) is 1.28. The van der Waals surface area contributed by atoms with Crippen LogP contribution in [0.4, 0.5) is 0 Å². The number of amides is 1. The SMILES string of the molecule is CNC(=O)C1CC(c2ccc(OC)cc2)CCN1. The molecular formula is C14H20N2O2. The average molecular weight is 248 g/mol. The highest BCUT2D eigenvalue weighted by atomic mass is 16.5. The predicted molar refractivity (Wildman–Crippen MR) is 70.8 cm³/mol. The summed E-state index contributed by atoms with van der Waals surface area (Å²) in [5.41, 5.74) is 1.28. The summed E-state index contributed by atoms with van der Waals surface area (Å²) in [6.07, 6.45) is 1.92. The van der Waals surface area contributed by atoms with Gasteiger partial charge in [0.25, 0.3) is 0 Å². The van der Waals surface area contributed by atoms with Crippen molar-refractivity contribution in [3.8, 4) is 5.75 Å². The van der Waals surface area contributed by atoms with Gasteiger partial charge in [0, 0.05) is 7.05 Å². The van der Waals surface area contributed by atoms with Gasteiger partial charge < -0.3 is 15.4 Å². The van der Waals surface area contributed by atoms with Crippen molar-refractivity contribution in [1.29, 1.82) is 0 Å². The van der Waals surface area contributed by atoms with E-state index in [4.69, 9.17) is 4.74 Å². The summed E-state index contributed by atoms with van der Waals surface area (Å²) in [5, 5.41) is 5.96. The van der Waals surface area contributed by atoms with E-state index in [0.717, 1.165) is 25.1 Å². The van der Waals surface area contributed by atoms with E-state index < -0.39 is 0 Å². The Kier molecular flexibility index (Phi) is 4.20. The first kappa shape index (κ1) is 12.9. The van der Waals surface area contributed by atoms with Gasteiger partial charge in [0.15, 0.2) is 0 Å². The molecule has 0 aliphatic carbocycles. The van der Waals surface area contributed by atoms with Crippen molar-refractivity contribution >= 4 is 5.91 Å². The lowest BCUT2D eigenvalue weighted by molar-refractivity contribution is -0.123. The minimum atomic E-state index is -0.0733. The van der Waals surface area contributed by atoms with Crippen LogP contribution in [0, 0.1) is 0 Å². The van der Waals surface area contributed by atoms with E-state index in [1.54, 1.807) is 14.2 Å². The number of carbonyl (C=O) groups is 1. The number of nitrogens with one attached hydrogen (secondary N) is 2. The molecule has 2 rings (SSSR count). The number of methoxy groups -OCH3 is 1. The Morgan fingerprint density at radius 3 is 2.72 bits per heavy atom. The van der Waals surface area contributed by atoms with Gasteiger partial charge in [0.1, 0.15) is 5.75 Å². The fraction of sp³-hybridized carbons (Fsp3) is 0.500. The molecular weight excluding hydrogens is 228 g/mol. The van der Waals surface area contributed by atoms with Crippen LogP contribution in [0.15, 0.2) is 24.3 Å². The number of hydrogen-bond acceptors (Lipinski definition) is 3. The molecule has 1 aromatic carbocycles. The summed E-state index contributed by atoms with van der Waals surface area (Å²) < 4.78 is 5.16. The van der Waals surface area contributed by atoms with Crippen LogP contribution in [0.5, 0.6) is 5.75 Å². The Labute approximate surface area is 108 Å². The Balaban J connectivity index is 2.05. The number of piperidine rings is 1. The second kappa shape index (κ2) is 5.87. The Morgan fingerprint density at radius 1 is 1.39 bits per heavy atom. The van der Waals surface area contributed by atoms with Crippen LogP contribution in [0.3, 0.4) is 0 Å². The van der Waals surface area contributed by atoms with Gasteiger partial charge in [0.05, 0.1) is 13.2 Å². The zero-order valence-electron chi connectivity index (χ0n) is 10.9. The van der Waals surface area contributed by atoms with Crippen molar-refractivity contribution in [2.24, 2.45) is 0 Å². The van der Waals surface area contributed by atoms with E-state index in [-0.39, 0.29) is 11.9 Å². The molecule has 98 valence electrons. The third-order valence-electron chi connectivity index (χ3n) is 3.55. The van der Waals surface area contributed by atoms with E-state index >= 15 is 0 Å². The summed E-state index contributed by atoms with van der Waals surface area (Å²) in [7, 11) is 3.35. The number of rotatable bonds is 3. The normalized spacial score (nSPS) is 23.4. The van der Waals surface area contributed by atoms with Gasteiger partial charge in [-0.2, -0.15) is 0 Å². The maximum atomic E-state index is 11.7. The van der Waals surface area contributed by atoms with Crippen LogP contribution in [0.1, 0.15) is 24.3 Å². The maximum absolute atomic E-state index is 11.7. The Hall–Kier alpha value is -1.55. The number of benzene rings is 1. The zero-order valence-corrected chi connectivity index (χ0v) is 10.9. The van der Waals surface area contributed by atoms with Gasteiger partial charge in [0.2, 0.25) is 5.91 Å². The summed E-state index contributed by atoms with van der Waals surface area (Å²) in [6, 6.07) is 8.07. The number of likely N-dealkylation sites (N-methyl/N-ethyl adjacent to an activating group) is 1. The molecule has 1 heterocycles. The average Bonchev–Trinajstić information content (AvgIpc) is 2.46. The first-order chi connectivity index (χ1) is 8.74. The Bertz CT molecular complexity index is 403. The molecule has 1 amide bonds. The maximum Gasteiger partial charge on any atom is 0.236 e. The van der Waals surface area contributed by atoms with E-state index in [1.165, 1.54) is 5.56 Å². The third kappa shape index (κ3) is 2.82. The fourth-order valence-corrected chi connectivity index (χ4v) is 2.47. The van der Waals surface area contributed by atoms with Crippen molar-refractivity contribution in [2.45, 2.75) is 24.8 Å². The van der Waals surface area contributed by atoms with E-state index in [2.05, 4.69) is 22.8 Å². The molecule has 1 aromatic rings. The summed E-state index contributed by atoms with van der Waals surface area (Å²) >= 11 is 0. The molecule has 1 aliphatic rings. The molecule has 0 saturated carbocycles. The first-order valence-corrected chi connectivity index (χ1v) is 6.33. The van der Waals surface area contributed by atoms with Crippen molar-refractivity contribution in [3.05, 3.63) is 29.8 Å². The number of carbonyl (C=O) groups excluding carboxylic acids is 1. The van der Waals surface area contributed by atoms with Crippen LogP contribution in [-0.2, 0) is 4.79 Å². The number of ether oxygens (including phenoxy) is 1. The van der Waals surface area contributed by atoms with Gasteiger partial charge in [-0.25, -0.2) is 0 Å². The molecule has 2 unspecified atom stereocenters. The Morgan fingerprint density at radius 2 is 2.11 bits per heavy atom. The lowest BCUT2D eigenvalue weighted by Gasteiger charge is -2.29. The molecule has 0 radical (unpaired) electrons. The topological polar surface area (TPSA) is 50.4 Å². The molecule has 0 spiro atoms. The second-order valence-corrected chi connectivity index (χ2v) is 4.62. The lowest BCUT2D eigenvalue weighted by atomic mass is 9.86. The van der Waals surface area contributed by atoms with E-state index in [9.17, 15) is 4.79 Å². The quantitative estimate of drug-likeness (QED) is 0.847. The zero-order chi connectivity index (χ0) is 13.0. The molecule has 2 atom stereocenters. The molecule has 1 fully saturated rings. The van der Waals surface area contributed by atoms with Crippen molar-refractivity contribution in [3.63, 3.8) is 0 Å². The van der Waals surface area contributed by atoms with E-state index in [0.29, 0.717) is 5.92 Å². The van der Waals surface area contributed by atoms with Crippen LogP contribution >= 0.6 is 0 Å². The standard InChI is InChI=1S/C14H20N2O2/c1-15-14(17)13-9-11(7-8-16-13)10-3-5-12(18-2)6-4-10/h3-6,11,13,16H,7-9H2,1-2H3,(H,15,17). The highest BCUT2D eigenvalue weighted by Crippen LogP contribution is 2.28. The third-order valence-corrected chi connectivity index (χ3v) is 3.55. The fourth-order valence-electron chi connectivity index (χ4n) is 2.47. The van der Waals surface area contributed by atoms with Gasteiger partial charge in [-0.05, 0) is 43.0 Å². The smallest absolute Gasteiger partial charge is 0.236 e. The van der Waals surface area contributed by atoms with Gasteiger partial charge in [-0.1, -0.05) is 12.1 Å². The molecule has 1 saturated heterocycles. The lowest BCUT2D eigenvalue weighted by Crippen LogP contribution is -2.47. The molecule has 1 aliphatic heterocycles. The van der Waals surface area contributed by atoms with Crippen molar-refractivity contribution in [2.75, 3.05) is 20.7 Å². The largest absolute Gasteiger partial charge is 0.497 e. The van der Waals surface area contributed by atoms with Crippen LogP contribution in [0.2, 0.25) is 0 Å². The molecule has 0 aromatic heterocycles. The summed E-state index contributed by atoms with van der Waals surface area (Å²) in [6.45, 7) is 0.884. The minimum absolute atomic E-state index is 0.0733. The molecule has 2 N–H and O–H groups in total. The highest BCUT2D eigenvalue weighted by molar-refractivity contribution is 5.81. The first-order valence-electron chi connectivity index (χ1n) is 6.33. The van der Waals surface area contributed by atoms with Gasteiger partial charge in [-0.3, -0.25) is 4.79 Å². The molecule has 0 bridgehead atoms. The molecule has 4 heteroatoms. The monoisotopic (exact) mass is 248 g/mol.